The first kappa shape index (κ1) is 29.7. The van der Waals surface area contributed by atoms with Crippen molar-refractivity contribution in [3.63, 3.8) is 0 Å². The monoisotopic (exact) mass is 550 g/mol. The number of likely N-dealkylation sites (N-methyl/N-ethyl adjacent to an activating group) is 1. The lowest BCUT2D eigenvalue weighted by Crippen LogP contribution is -2.50. The van der Waals surface area contributed by atoms with Crippen molar-refractivity contribution in [3.05, 3.63) is 54.1 Å². The fraction of sp³-hybridized carbons (Fsp3) is 0.548. The number of nitrogens with one attached hydrogen (secondary N) is 1. The minimum atomic E-state index is -0.604. The molecule has 1 amide bonds. The zero-order chi connectivity index (χ0) is 29.0. The van der Waals surface area contributed by atoms with Crippen LogP contribution in [0.3, 0.4) is 0 Å². The van der Waals surface area contributed by atoms with Gasteiger partial charge in [0.1, 0.15) is 11.4 Å². The lowest BCUT2D eigenvalue weighted by Gasteiger charge is -2.42. The first-order chi connectivity index (χ1) is 19.0. The molecule has 218 valence electrons. The Hall–Kier alpha value is -3.30. The summed E-state index contributed by atoms with van der Waals surface area (Å²) < 4.78 is 11.0. The van der Waals surface area contributed by atoms with Gasteiger partial charge in [0.15, 0.2) is 0 Å². The standard InChI is InChI=1S/C31H46N6O3/c1-21-29(28(32)24-10-13-26(27(20-24)39-7)34-30(38)40-31(3,4)5)37(15-14-33-21)22(2)23-8-11-25(12-9-23)36-18-16-35(6)17-19-36/h10,13-15,20,23,25H,2,8-9,11-12,16-19,32H2,1,3-7H3,(H,34,38)/b29-28-. The van der Waals surface area contributed by atoms with Crippen LogP contribution in [0.25, 0.3) is 5.70 Å². The number of hydrogen-bond donors (Lipinski definition) is 2. The number of ether oxygens (including phenoxy) is 2. The number of carbonyl (C=O) groups is 1. The zero-order valence-corrected chi connectivity index (χ0v) is 25.0. The maximum absolute atomic E-state index is 12.3. The molecule has 2 fully saturated rings. The van der Waals surface area contributed by atoms with Crippen molar-refractivity contribution >= 4 is 23.2 Å². The van der Waals surface area contributed by atoms with E-state index >= 15 is 0 Å². The molecular formula is C31H46N6O3. The summed E-state index contributed by atoms with van der Waals surface area (Å²) in [4.78, 5) is 24.1. The molecule has 1 aromatic carbocycles. The highest BCUT2D eigenvalue weighted by molar-refractivity contribution is 6.05. The second-order valence-corrected chi connectivity index (χ2v) is 12.0. The van der Waals surface area contributed by atoms with Gasteiger partial charge in [-0.05, 0) is 78.5 Å². The fourth-order valence-electron chi connectivity index (χ4n) is 5.76. The molecule has 1 saturated heterocycles. The number of nitrogens with zero attached hydrogens (tertiary/aromatic N) is 4. The molecule has 3 N–H and O–H groups in total. The molecule has 2 aliphatic heterocycles. The van der Waals surface area contributed by atoms with Crippen LogP contribution in [0.4, 0.5) is 10.5 Å². The molecule has 2 heterocycles. The van der Waals surface area contributed by atoms with Gasteiger partial charge >= 0.3 is 6.09 Å². The number of carbonyl (C=O) groups excluding carboxylic acids is 1. The minimum Gasteiger partial charge on any atom is -0.495 e. The SMILES string of the molecule is C=C(C1CCC(N2CCN(C)CC2)CC1)N1C=CN=C(C)/C1=C(/N)c1ccc(NC(=O)OC(C)(C)C)c(OC)c1. The minimum absolute atomic E-state index is 0.386. The Kier molecular flexibility index (Phi) is 9.26. The van der Waals surface area contributed by atoms with Crippen molar-refractivity contribution in [1.29, 1.82) is 0 Å². The van der Waals surface area contributed by atoms with Crippen LogP contribution in [-0.2, 0) is 4.74 Å². The lowest BCUT2D eigenvalue weighted by atomic mass is 9.82. The maximum Gasteiger partial charge on any atom is 0.412 e. The number of allylic oxidation sites excluding steroid dienone is 2. The molecule has 0 spiro atoms. The van der Waals surface area contributed by atoms with Crippen molar-refractivity contribution in [2.75, 3.05) is 45.7 Å². The molecule has 0 atom stereocenters. The highest BCUT2D eigenvalue weighted by atomic mass is 16.6. The van der Waals surface area contributed by atoms with Crippen LogP contribution >= 0.6 is 0 Å². The van der Waals surface area contributed by atoms with Gasteiger partial charge in [0.2, 0.25) is 0 Å². The van der Waals surface area contributed by atoms with E-state index in [1.165, 1.54) is 12.8 Å². The number of hydrogen-bond acceptors (Lipinski definition) is 8. The van der Waals surface area contributed by atoms with Gasteiger partial charge in [-0.15, -0.1) is 0 Å². The molecule has 3 aliphatic rings. The summed E-state index contributed by atoms with van der Waals surface area (Å²) in [6.07, 6.45) is 7.83. The van der Waals surface area contributed by atoms with Gasteiger partial charge < -0.3 is 25.0 Å². The summed E-state index contributed by atoms with van der Waals surface area (Å²) >= 11 is 0. The molecule has 0 aromatic heterocycles. The molecule has 1 aliphatic carbocycles. The predicted octanol–water partition coefficient (Wildman–Crippen LogP) is 5.24. The van der Waals surface area contributed by atoms with Gasteiger partial charge in [-0.2, -0.15) is 0 Å². The van der Waals surface area contributed by atoms with Crippen LogP contribution in [-0.4, -0.2) is 78.5 Å². The van der Waals surface area contributed by atoms with Crippen LogP contribution in [0.2, 0.25) is 0 Å². The average Bonchev–Trinajstić information content (AvgIpc) is 2.92. The fourth-order valence-corrected chi connectivity index (χ4v) is 5.76. The predicted molar refractivity (Wildman–Crippen MR) is 162 cm³/mol. The highest BCUT2D eigenvalue weighted by Crippen LogP contribution is 2.37. The third-order valence-electron chi connectivity index (χ3n) is 8.00. The Morgan fingerprint density at radius 3 is 2.42 bits per heavy atom. The van der Waals surface area contributed by atoms with E-state index in [4.69, 9.17) is 15.2 Å². The van der Waals surface area contributed by atoms with E-state index in [0.717, 1.165) is 61.7 Å². The van der Waals surface area contributed by atoms with Crippen LogP contribution in [0.5, 0.6) is 5.75 Å². The van der Waals surface area contributed by atoms with E-state index in [0.29, 0.717) is 29.1 Å². The molecule has 9 heteroatoms. The number of methoxy groups -OCH3 is 1. The normalized spacial score (nSPS) is 23.9. The summed E-state index contributed by atoms with van der Waals surface area (Å²) in [6.45, 7) is 16.6. The van der Waals surface area contributed by atoms with E-state index in [1.54, 1.807) is 13.2 Å². The molecule has 0 unspecified atom stereocenters. The average molecular weight is 551 g/mol. The van der Waals surface area contributed by atoms with Crippen LogP contribution < -0.4 is 15.8 Å². The third-order valence-corrected chi connectivity index (χ3v) is 8.00. The summed E-state index contributed by atoms with van der Waals surface area (Å²) in [6, 6.07) is 6.13. The molecule has 1 saturated carbocycles. The van der Waals surface area contributed by atoms with E-state index in [-0.39, 0.29) is 0 Å². The first-order valence-electron chi connectivity index (χ1n) is 14.3. The summed E-state index contributed by atoms with van der Waals surface area (Å²) in [5.41, 5.74) is 10.7. The molecule has 0 bridgehead atoms. The zero-order valence-electron chi connectivity index (χ0n) is 25.0. The van der Waals surface area contributed by atoms with Crippen molar-refractivity contribution < 1.29 is 14.3 Å². The lowest BCUT2D eigenvalue weighted by molar-refractivity contribution is 0.0635. The second kappa shape index (κ2) is 12.5. The van der Waals surface area contributed by atoms with E-state index < -0.39 is 11.7 Å². The largest absolute Gasteiger partial charge is 0.495 e. The second-order valence-electron chi connectivity index (χ2n) is 12.0. The van der Waals surface area contributed by atoms with Gasteiger partial charge in [-0.3, -0.25) is 15.2 Å². The Bertz CT molecular complexity index is 1180. The smallest absolute Gasteiger partial charge is 0.412 e. The Labute approximate surface area is 239 Å². The number of piperazine rings is 1. The number of rotatable bonds is 6. The molecule has 0 radical (unpaired) electrons. The van der Waals surface area contributed by atoms with Crippen molar-refractivity contribution in [3.8, 4) is 5.75 Å². The van der Waals surface area contributed by atoms with Gasteiger partial charge in [-0.25, -0.2) is 4.79 Å². The number of nitrogens with two attached hydrogens (primary N) is 1. The van der Waals surface area contributed by atoms with Gasteiger partial charge in [0, 0.05) is 55.9 Å². The topological polar surface area (TPSA) is 95.7 Å². The summed E-state index contributed by atoms with van der Waals surface area (Å²) in [5.74, 6) is 0.873. The number of anilines is 1. The van der Waals surface area contributed by atoms with Crippen LogP contribution in [0.15, 0.2) is 53.6 Å². The van der Waals surface area contributed by atoms with Gasteiger partial charge in [0.25, 0.3) is 0 Å². The Morgan fingerprint density at radius 2 is 1.80 bits per heavy atom. The van der Waals surface area contributed by atoms with E-state index in [2.05, 4.69) is 38.6 Å². The first-order valence-corrected chi connectivity index (χ1v) is 14.3. The molecule has 9 nitrogen and oxygen atoms in total. The van der Waals surface area contributed by atoms with Gasteiger partial charge in [-0.1, -0.05) is 12.6 Å². The van der Waals surface area contributed by atoms with Crippen molar-refractivity contribution in [2.45, 2.75) is 65.0 Å². The maximum atomic E-state index is 12.3. The van der Waals surface area contributed by atoms with Crippen molar-refractivity contribution in [2.24, 2.45) is 16.6 Å². The quantitative estimate of drug-likeness (QED) is 0.500. The summed E-state index contributed by atoms with van der Waals surface area (Å²) in [5, 5.41) is 2.76. The van der Waals surface area contributed by atoms with Crippen molar-refractivity contribution in [1.82, 2.24) is 14.7 Å². The van der Waals surface area contributed by atoms with Crippen LogP contribution in [0, 0.1) is 5.92 Å². The highest BCUT2D eigenvalue weighted by Gasteiger charge is 2.32. The molecule has 40 heavy (non-hydrogen) atoms. The molecular weight excluding hydrogens is 504 g/mol. The van der Waals surface area contributed by atoms with E-state index in [1.807, 2.05) is 52.2 Å². The number of benzene rings is 1. The van der Waals surface area contributed by atoms with Gasteiger partial charge in [0.05, 0.1) is 29.9 Å². The van der Waals surface area contributed by atoms with Crippen LogP contribution in [0.1, 0.15) is 58.9 Å². The Balaban J connectivity index is 1.50. The summed E-state index contributed by atoms with van der Waals surface area (Å²) in [7, 11) is 3.77. The molecule has 4 rings (SSSR count). The molecule has 1 aromatic rings. The Morgan fingerprint density at radius 1 is 1.12 bits per heavy atom. The number of aliphatic imine (C=N–C) groups is 1. The number of amides is 1. The third kappa shape index (κ3) is 7.06. The van der Waals surface area contributed by atoms with E-state index in [9.17, 15) is 4.79 Å².